The van der Waals surface area contributed by atoms with Crippen LogP contribution in [0, 0.1) is 5.92 Å². The van der Waals surface area contributed by atoms with Gasteiger partial charge in [-0.3, -0.25) is 4.39 Å². The number of aromatic nitrogens is 2. The van der Waals surface area contributed by atoms with Crippen LogP contribution in [0.1, 0.15) is 0 Å². The summed E-state index contributed by atoms with van der Waals surface area (Å²) in [7, 11) is 1.56. The first-order chi connectivity index (χ1) is 6.83. The molecule has 1 aliphatic rings. The summed E-state index contributed by atoms with van der Waals surface area (Å²) in [4.78, 5) is 10.0. The summed E-state index contributed by atoms with van der Waals surface area (Å²) in [5, 5.41) is 0. The molecule has 5 heteroatoms. The Morgan fingerprint density at radius 3 is 3.00 bits per heavy atom. The molecule has 1 aromatic heterocycles. The quantitative estimate of drug-likeness (QED) is 0.721. The molecule has 0 aromatic carbocycles. The number of nitrogens with zero attached hydrogens (tertiary/aromatic N) is 3. The lowest BCUT2D eigenvalue weighted by Crippen LogP contribution is -2.48. The first kappa shape index (κ1) is 9.18. The number of methoxy groups -OCH3 is 1. The van der Waals surface area contributed by atoms with Gasteiger partial charge < -0.3 is 9.64 Å². The van der Waals surface area contributed by atoms with E-state index in [0.29, 0.717) is 5.88 Å². The molecule has 1 fully saturated rings. The van der Waals surface area contributed by atoms with Gasteiger partial charge in [0.1, 0.15) is 12.1 Å². The number of hydrogen-bond donors (Lipinski definition) is 0. The Labute approximate surface area is 81.7 Å². The summed E-state index contributed by atoms with van der Waals surface area (Å²) in [5.41, 5.74) is 0. The smallest absolute Gasteiger partial charge is 0.218 e. The van der Waals surface area contributed by atoms with Crippen molar-refractivity contribution in [2.45, 2.75) is 0 Å². The predicted molar refractivity (Wildman–Crippen MR) is 50.3 cm³/mol. The highest BCUT2D eigenvalue weighted by Gasteiger charge is 2.27. The summed E-state index contributed by atoms with van der Waals surface area (Å²) < 4.78 is 17.2. The molecule has 0 amide bonds. The van der Waals surface area contributed by atoms with Crippen molar-refractivity contribution in [1.29, 1.82) is 0 Å². The fourth-order valence-electron chi connectivity index (χ4n) is 1.47. The van der Waals surface area contributed by atoms with Crippen molar-refractivity contribution in [3.8, 4) is 5.88 Å². The fourth-order valence-corrected chi connectivity index (χ4v) is 1.47. The molecule has 0 N–H and O–H groups in total. The second-order valence-electron chi connectivity index (χ2n) is 3.34. The van der Waals surface area contributed by atoms with Crippen LogP contribution >= 0.6 is 0 Å². The van der Waals surface area contributed by atoms with Crippen molar-refractivity contribution >= 4 is 5.82 Å². The minimum absolute atomic E-state index is 0.163. The Morgan fingerprint density at radius 1 is 1.57 bits per heavy atom. The van der Waals surface area contributed by atoms with E-state index in [9.17, 15) is 4.39 Å². The predicted octanol–water partition coefficient (Wildman–Crippen LogP) is 0.891. The van der Waals surface area contributed by atoms with Crippen LogP contribution in [0.3, 0.4) is 0 Å². The van der Waals surface area contributed by atoms with E-state index in [-0.39, 0.29) is 12.6 Å². The van der Waals surface area contributed by atoms with E-state index in [4.69, 9.17) is 4.74 Å². The Kier molecular flexibility index (Phi) is 2.47. The van der Waals surface area contributed by atoms with E-state index >= 15 is 0 Å². The van der Waals surface area contributed by atoms with E-state index in [2.05, 4.69) is 9.97 Å². The molecule has 14 heavy (non-hydrogen) atoms. The van der Waals surface area contributed by atoms with Gasteiger partial charge >= 0.3 is 0 Å². The number of rotatable bonds is 3. The molecule has 1 saturated heterocycles. The van der Waals surface area contributed by atoms with Crippen molar-refractivity contribution < 1.29 is 9.13 Å². The van der Waals surface area contributed by atoms with Crippen molar-refractivity contribution in [2.75, 3.05) is 31.8 Å². The van der Waals surface area contributed by atoms with E-state index in [1.165, 1.54) is 6.33 Å². The van der Waals surface area contributed by atoms with Crippen LogP contribution in [0.2, 0.25) is 0 Å². The minimum Gasteiger partial charge on any atom is -0.481 e. The third kappa shape index (κ3) is 1.62. The fraction of sp³-hybridized carbons (Fsp3) is 0.556. The van der Waals surface area contributed by atoms with Gasteiger partial charge in [-0.1, -0.05) is 0 Å². The highest BCUT2D eigenvalue weighted by Crippen LogP contribution is 2.24. The lowest BCUT2D eigenvalue weighted by molar-refractivity contribution is 0.304. The molecule has 1 aromatic rings. The zero-order chi connectivity index (χ0) is 9.97. The largest absolute Gasteiger partial charge is 0.481 e. The molecular weight excluding hydrogens is 185 g/mol. The molecule has 2 rings (SSSR count). The number of alkyl halides is 1. The molecular formula is C9H12FN3O. The van der Waals surface area contributed by atoms with Crippen molar-refractivity contribution in [3.05, 3.63) is 12.4 Å². The summed E-state index contributed by atoms with van der Waals surface area (Å²) in [5.74, 6) is 1.51. The summed E-state index contributed by atoms with van der Waals surface area (Å²) in [6.45, 7) is 1.21. The molecule has 0 unspecified atom stereocenters. The number of halogens is 1. The third-order valence-corrected chi connectivity index (χ3v) is 2.34. The molecule has 0 saturated carbocycles. The van der Waals surface area contributed by atoms with Crippen molar-refractivity contribution in [3.63, 3.8) is 0 Å². The minimum atomic E-state index is -0.251. The number of anilines is 1. The first-order valence-electron chi connectivity index (χ1n) is 4.50. The SMILES string of the molecule is COc1cc(N2CC(CF)C2)ncn1. The van der Waals surface area contributed by atoms with Gasteiger partial charge in [0.25, 0.3) is 0 Å². The van der Waals surface area contributed by atoms with Gasteiger partial charge in [-0.2, -0.15) is 0 Å². The van der Waals surface area contributed by atoms with Gasteiger partial charge in [-0.15, -0.1) is 0 Å². The van der Waals surface area contributed by atoms with Crippen LogP contribution in [0.5, 0.6) is 5.88 Å². The molecule has 2 heterocycles. The van der Waals surface area contributed by atoms with Gasteiger partial charge in [0.2, 0.25) is 5.88 Å². The standard InChI is InChI=1S/C9H12FN3O/c1-14-9-2-8(11-6-12-9)13-4-7(3-10)5-13/h2,6-7H,3-5H2,1H3. The lowest BCUT2D eigenvalue weighted by atomic mass is 10.0. The maximum absolute atomic E-state index is 12.2. The Bertz CT molecular complexity index is 315. The monoisotopic (exact) mass is 197 g/mol. The highest BCUT2D eigenvalue weighted by atomic mass is 19.1. The third-order valence-electron chi connectivity index (χ3n) is 2.34. The van der Waals surface area contributed by atoms with Crippen molar-refractivity contribution in [2.24, 2.45) is 5.92 Å². The lowest BCUT2D eigenvalue weighted by Gasteiger charge is -2.38. The Balaban J connectivity index is 2.03. The van der Waals surface area contributed by atoms with E-state index in [1.807, 2.05) is 4.90 Å². The van der Waals surface area contributed by atoms with Crippen LogP contribution in [0.4, 0.5) is 10.2 Å². The number of hydrogen-bond acceptors (Lipinski definition) is 4. The number of ether oxygens (including phenoxy) is 1. The van der Waals surface area contributed by atoms with Gasteiger partial charge in [0, 0.05) is 25.1 Å². The second kappa shape index (κ2) is 3.77. The van der Waals surface area contributed by atoms with Crippen molar-refractivity contribution in [1.82, 2.24) is 9.97 Å². The second-order valence-corrected chi connectivity index (χ2v) is 3.34. The van der Waals surface area contributed by atoms with Gasteiger partial charge in [0.05, 0.1) is 13.8 Å². The first-order valence-corrected chi connectivity index (χ1v) is 4.50. The molecule has 1 aliphatic heterocycles. The molecule has 4 nitrogen and oxygen atoms in total. The Morgan fingerprint density at radius 2 is 2.36 bits per heavy atom. The van der Waals surface area contributed by atoms with E-state index < -0.39 is 0 Å². The maximum Gasteiger partial charge on any atom is 0.218 e. The zero-order valence-electron chi connectivity index (χ0n) is 7.98. The molecule has 0 aliphatic carbocycles. The zero-order valence-corrected chi connectivity index (χ0v) is 7.98. The van der Waals surface area contributed by atoms with E-state index in [0.717, 1.165) is 18.9 Å². The molecule has 76 valence electrons. The maximum atomic E-state index is 12.2. The average molecular weight is 197 g/mol. The molecule has 0 atom stereocenters. The molecule has 0 spiro atoms. The van der Waals surface area contributed by atoms with Crippen LogP contribution in [-0.4, -0.2) is 36.8 Å². The van der Waals surface area contributed by atoms with Crippen LogP contribution in [0.25, 0.3) is 0 Å². The summed E-state index contributed by atoms with van der Waals surface area (Å²) in [6.07, 6.45) is 1.46. The Hall–Kier alpha value is -1.39. The van der Waals surface area contributed by atoms with Crippen LogP contribution in [-0.2, 0) is 0 Å². The van der Waals surface area contributed by atoms with Crippen LogP contribution in [0.15, 0.2) is 12.4 Å². The molecule has 0 bridgehead atoms. The summed E-state index contributed by atoms with van der Waals surface area (Å²) >= 11 is 0. The average Bonchev–Trinajstić information content (AvgIpc) is 2.17. The van der Waals surface area contributed by atoms with E-state index in [1.54, 1.807) is 13.2 Å². The van der Waals surface area contributed by atoms with Gasteiger partial charge in [0.15, 0.2) is 0 Å². The molecule has 0 radical (unpaired) electrons. The van der Waals surface area contributed by atoms with Crippen LogP contribution < -0.4 is 9.64 Å². The normalized spacial score (nSPS) is 16.6. The summed E-state index contributed by atoms with van der Waals surface area (Å²) in [6, 6.07) is 1.76. The highest BCUT2D eigenvalue weighted by molar-refractivity contribution is 5.43. The van der Waals surface area contributed by atoms with Gasteiger partial charge in [-0.25, -0.2) is 9.97 Å². The van der Waals surface area contributed by atoms with Gasteiger partial charge in [-0.05, 0) is 0 Å². The topological polar surface area (TPSA) is 38.2 Å².